The Bertz CT molecular complexity index is 3220. The third-order valence-electron chi connectivity index (χ3n) is 10.3. The van der Waals surface area contributed by atoms with Gasteiger partial charge in [0.1, 0.15) is 11.2 Å². The molecule has 0 atom stereocenters. The number of aromatic nitrogens is 3. The molecule has 8 aromatic carbocycles. The van der Waals surface area contributed by atoms with Crippen molar-refractivity contribution in [1.82, 2.24) is 15.0 Å². The quantitative estimate of drug-likeness (QED) is 0.179. The summed E-state index contributed by atoms with van der Waals surface area (Å²) in [6, 6.07) is 61.4. The van der Waals surface area contributed by atoms with E-state index in [0.717, 1.165) is 60.5 Å². The summed E-state index contributed by atoms with van der Waals surface area (Å²) in [7, 11) is 0. The van der Waals surface area contributed by atoms with E-state index in [1.807, 2.05) is 59.9 Å². The number of rotatable bonds is 5. The van der Waals surface area contributed by atoms with Gasteiger partial charge in [-0.25, -0.2) is 15.0 Å². The van der Waals surface area contributed by atoms with Crippen LogP contribution in [0, 0.1) is 0 Å². The lowest BCUT2D eigenvalue weighted by Crippen LogP contribution is -2.00. The third kappa shape index (κ3) is 5.01. The number of hydrogen-bond acceptors (Lipinski definition) is 5. The number of hydrogen-bond donors (Lipinski definition) is 0. The summed E-state index contributed by atoms with van der Waals surface area (Å²) in [5.74, 6) is 1.84. The van der Waals surface area contributed by atoms with Gasteiger partial charge < -0.3 is 4.42 Å². The molecule has 0 spiro atoms. The molecule has 3 heterocycles. The monoisotopic (exact) mass is 707 g/mol. The van der Waals surface area contributed by atoms with Crippen LogP contribution in [-0.4, -0.2) is 15.0 Å². The van der Waals surface area contributed by atoms with Gasteiger partial charge in [-0.3, -0.25) is 0 Å². The third-order valence-corrected chi connectivity index (χ3v) is 11.6. The summed E-state index contributed by atoms with van der Waals surface area (Å²) in [5, 5.41) is 6.82. The Morgan fingerprint density at radius 2 is 1.00 bits per heavy atom. The molecule has 0 unspecified atom stereocenters. The molecule has 0 radical (unpaired) electrons. The zero-order valence-corrected chi connectivity index (χ0v) is 29.7. The first-order valence-electron chi connectivity index (χ1n) is 18.0. The van der Waals surface area contributed by atoms with Gasteiger partial charge >= 0.3 is 0 Å². The van der Waals surface area contributed by atoms with Gasteiger partial charge in [0.25, 0.3) is 0 Å². The van der Waals surface area contributed by atoms with Crippen LogP contribution in [0.4, 0.5) is 0 Å². The lowest BCUT2D eigenvalue weighted by atomic mass is 9.97. The largest absolute Gasteiger partial charge is 0.455 e. The Kier molecular flexibility index (Phi) is 7.00. The molecule has 0 amide bonds. The van der Waals surface area contributed by atoms with Crippen LogP contribution in [0.1, 0.15) is 0 Å². The van der Waals surface area contributed by atoms with E-state index >= 15 is 0 Å². The van der Waals surface area contributed by atoms with Gasteiger partial charge in [-0.1, -0.05) is 140 Å². The fourth-order valence-electron chi connectivity index (χ4n) is 7.72. The molecule has 0 fully saturated rings. The van der Waals surface area contributed by atoms with E-state index in [-0.39, 0.29) is 0 Å². The Morgan fingerprint density at radius 3 is 1.81 bits per heavy atom. The summed E-state index contributed by atoms with van der Waals surface area (Å²) in [6.45, 7) is 0. The summed E-state index contributed by atoms with van der Waals surface area (Å²) in [6.07, 6.45) is 0. The average molecular weight is 708 g/mol. The lowest BCUT2D eigenvalue weighted by Gasteiger charge is -2.12. The van der Waals surface area contributed by atoms with Crippen molar-refractivity contribution < 1.29 is 4.42 Å². The topological polar surface area (TPSA) is 51.8 Å². The maximum atomic E-state index is 6.78. The normalized spacial score (nSPS) is 11.7. The minimum Gasteiger partial charge on any atom is -0.455 e. The fraction of sp³-hybridized carbons (Fsp3) is 0. The first-order chi connectivity index (χ1) is 26.7. The standard InChI is InChI=1S/C49H29N3OS/c1-3-12-30(13-4-1)32-22-23-34-29-35(25-24-33(34)28-32)48-50-47(31-14-5-2-6-15-31)51-49(52-48)41-27-26-37(45-44(41)40-17-7-9-20-42(40)53-45)39-19-11-18-38-36-16-8-10-21-43(36)54-46(38)39/h1-29H. The minimum absolute atomic E-state index is 0.599. The van der Waals surface area contributed by atoms with E-state index in [0.29, 0.717) is 17.5 Å². The van der Waals surface area contributed by atoms with Crippen LogP contribution in [-0.2, 0) is 0 Å². The molecule has 0 saturated carbocycles. The predicted octanol–water partition coefficient (Wildman–Crippen LogP) is 13.6. The van der Waals surface area contributed by atoms with Crippen molar-refractivity contribution in [2.45, 2.75) is 0 Å². The minimum atomic E-state index is 0.599. The molecule has 54 heavy (non-hydrogen) atoms. The Labute approximate surface area is 314 Å². The van der Waals surface area contributed by atoms with Crippen molar-refractivity contribution in [1.29, 1.82) is 0 Å². The summed E-state index contributed by atoms with van der Waals surface area (Å²) >= 11 is 1.82. The molecule has 11 aromatic rings. The second kappa shape index (κ2) is 12.3. The van der Waals surface area contributed by atoms with Crippen LogP contribution >= 0.6 is 11.3 Å². The van der Waals surface area contributed by atoms with E-state index in [2.05, 4.69) is 127 Å². The number of furan rings is 1. The van der Waals surface area contributed by atoms with Gasteiger partial charge in [0.15, 0.2) is 17.5 Å². The molecule has 11 rings (SSSR count). The zero-order chi connectivity index (χ0) is 35.6. The molecule has 252 valence electrons. The number of benzene rings is 8. The Hall–Kier alpha value is -6.95. The number of fused-ring (bicyclic) bond motifs is 7. The number of thiophene rings is 1. The molecular weight excluding hydrogens is 679 g/mol. The van der Waals surface area contributed by atoms with E-state index in [1.54, 1.807) is 0 Å². The molecule has 0 bridgehead atoms. The van der Waals surface area contributed by atoms with Gasteiger partial charge in [0.2, 0.25) is 0 Å². The average Bonchev–Trinajstić information content (AvgIpc) is 3.83. The fourth-order valence-corrected chi connectivity index (χ4v) is 8.95. The number of nitrogens with zero attached hydrogens (tertiary/aromatic N) is 3. The van der Waals surface area contributed by atoms with Gasteiger partial charge in [-0.05, 0) is 58.3 Å². The van der Waals surface area contributed by atoms with E-state index < -0.39 is 0 Å². The van der Waals surface area contributed by atoms with Crippen molar-refractivity contribution in [3.8, 4) is 56.4 Å². The molecule has 5 heteroatoms. The Balaban J connectivity index is 1.12. The zero-order valence-electron chi connectivity index (χ0n) is 28.9. The SMILES string of the molecule is c1ccc(-c2ccc3cc(-c4nc(-c5ccccc5)nc(-c5ccc(-c6cccc7c6sc6ccccc67)c6oc7ccccc7c56)n4)ccc3c2)cc1. The molecular formula is C49H29N3OS. The molecule has 0 aliphatic carbocycles. The molecule has 0 N–H and O–H groups in total. The predicted molar refractivity (Wildman–Crippen MR) is 225 cm³/mol. The van der Waals surface area contributed by atoms with Crippen molar-refractivity contribution in [3.63, 3.8) is 0 Å². The summed E-state index contributed by atoms with van der Waals surface area (Å²) in [5.41, 5.74) is 8.98. The second-order valence-corrected chi connectivity index (χ2v) is 14.6. The van der Waals surface area contributed by atoms with Gasteiger partial charge in [0, 0.05) is 58.8 Å². The van der Waals surface area contributed by atoms with Gasteiger partial charge in [-0.2, -0.15) is 0 Å². The summed E-state index contributed by atoms with van der Waals surface area (Å²) in [4.78, 5) is 15.5. The molecule has 0 aliphatic rings. The molecule has 0 aliphatic heterocycles. The van der Waals surface area contributed by atoms with Crippen LogP contribution in [0.15, 0.2) is 180 Å². The van der Waals surface area contributed by atoms with Crippen LogP contribution < -0.4 is 0 Å². The highest BCUT2D eigenvalue weighted by atomic mass is 32.1. The lowest BCUT2D eigenvalue weighted by molar-refractivity contribution is 0.670. The first-order valence-corrected chi connectivity index (χ1v) is 18.8. The highest BCUT2D eigenvalue weighted by Gasteiger charge is 2.22. The van der Waals surface area contributed by atoms with Gasteiger partial charge in [0.05, 0.1) is 0 Å². The molecule has 0 saturated heterocycles. The summed E-state index contributed by atoms with van der Waals surface area (Å²) < 4.78 is 9.29. The highest BCUT2D eigenvalue weighted by molar-refractivity contribution is 7.26. The van der Waals surface area contributed by atoms with E-state index in [1.165, 1.54) is 31.3 Å². The van der Waals surface area contributed by atoms with E-state index in [9.17, 15) is 0 Å². The smallest absolute Gasteiger partial charge is 0.164 e. The van der Waals surface area contributed by atoms with Crippen LogP contribution in [0.5, 0.6) is 0 Å². The van der Waals surface area contributed by atoms with Crippen molar-refractivity contribution in [2.75, 3.05) is 0 Å². The van der Waals surface area contributed by atoms with Crippen LogP contribution in [0.2, 0.25) is 0 Å². The number of para-hydroxylation sites is 1. The van der Waals surface area contributed by atoms with Crippen molar-refractivity contribution in [3.05, 3.63) is 176 Å². The maximum absolute atomic E-state index is 6.78. The van der Waals surface area contributed by atoms with Gasteiger partial charge in [-0.15, -0.1) is 11.3 Å². The highest BCUT2D eigenvalue weighted by Crippen LogP contribution is 2.46. The maximum Gasteiger partial charge on any atom is 0.164 e. The molecule has 4 nitrogen and oxygen atoms in total. The van der Waals surface area contributed by atoms with Crippen LogP contribution in [0.25, 0.3) is 109 Å². The van der Waals surface area contributed by atoms with E-state index in [4.69, 9.17) is 19.4 Å². The van der Waals surface area contributed by atoms with Crippen molar-refractivity contribution in [2.24, 2.45) is 0 Å². The Morgan fingerprint density at radius 1 is 0.389 bits per heavy atom. The van der Waals surface area contributed by atoms with Crippen LogP contribution in [0.3, 0.4) is 0 Å². The second-order valence-electron chi connectivity index (χ2n) is 13.6. The molecule has 3 aromatic heterocycles. The van der Waals surface area contributed by atoms with Crippen molar-refractivity contribution >= 4 is 64.2 Å². The first kappa shape index (κ1) is 30.7.